The van der Waals surface area contributed by atoms with Crippen molar-refractivity contribution in [3.63, 3.8) is 0 Å². The van der Waals surface area contributed by atoms with Gasteiger partial charge in [-0.05, 0) is 66.3 Å². The Morgan fingerprint density at radius 1 is 0.803 bits per heavy atom. The highest BCUT2D eigenvalue weighted by Crippen LogP contribution is 2.49. The summed E-state index contributed by atoms with van der Waals surface area (Å²) in [5.41, 5.74) is 2.58. The first-order valence-corrected chi connectivity index (χ1v) is 21.5. The number of benzene rings is 3. The van der Waals surface area contributed by atoms with Crippen LogP contribution in [0.1, 0.15) is 95.8 Å². The lowest BCUT2D eigenvalue weighted by Gasteiger charge is -2.53. The normalized spacial score (nSPS) is 19.7. The summed E-state index contributed by atoms with van der Waals surface area (Å²) in [4.78, 5) is 26.8. The summed E-state index contributed by atoms with van der Waals surface area (Å²) in [6, 6.07) is 25.4. The molecular formula is C50H68O11. The molecule has 1 saturated heterocycles. The molecular weight excluding hydrogens is 777 g/mol. The van der Waals surface area contributed by atoms with E-state index < -0.39 is 41.5 Å². The van der Waals surface area contributed by atoms with Gasteiger partial charge in [0.1, 0.15) is 11.5 Å². The van der Waals surface area contributed by atoms with E-state index in [1.165, 1.54) is 13.2 Å². The maximum absolute atomic E-state index is 13.7. The van der Waals surface area contributed by atoms with E-state index in [0.717, 1.165) is 53.9 Å². The minimum atomic E-state index is -1.59. The van der Waals surface area contributed by atoms with Crippen LogP contribution in [0.3, 0.4) is 0 Å². The molecule has 1 aliphatic rings. The highest BCUT2D eigenvalue weighted by Gasteiger charge is 2.59. The average molecular weight is 845 g/mol. The first kappa shape index (κ1) is 49.1. The van der Waals surface area contributed by atoms with Crippen molar-refractivity contribution in [2.75, 3.05) is 35.0 Å². The van der Waals surface area contributed by atoms with Crippen molar-refractivity contribution >= 4 is 11.9 Å². The molecule has 0 aromatic heterocycles. The molecule has 61 heavy (non-hydrogen) atoms. The Labute approximate surface area is 363 Å². The molecule has 0 radical (unpaired) electrons. The van der Waals surface area contributed by atoms with Crippen LogP contribution in [0.2, 0.25) is 0 Å². The lowest BCUT2D eigenvalue weighted by atomic mass is 9.74. The van der Waals surface area contributed by atoms with Gasteiger partial charge in [0.25, 0.3) is 0 Å². The van der Waals surface area contributed by atoms with E-state index in [1.807, 2.05) is 112 Å². The maximum Gasteiger partial charge on any atom is 0.330 e. The molecule has 0 saturated carbocycles. The van der Waals surface area contributed by atoms with Gasteiger partial charge in [-0.3, -0.25) is 4.79 Å². The predicted octanol–water partition coefficient (Wildman–Crippen LogP) is 9.89. The zero-order valence-electron chi connectivity index (χ0n) is 37.5. The van der Waals surface area contributed by atoms with E-state index >= 15 is 0 Å². The largest absolute Gasteiger partial charge is 0.497 e. The smallest absolute Gasteiger partial charge is 0.330 e. The number of esters is 2. The van der Waals surface area contributed by atoms with E-state index in [-0.39, 0.29) is 18.9 Å². The molecule has 0 spiro atoms. The first-order valence-electron chi connectivity index (χ1n) is 21.5. The maximum atomic E-state index is 13.7. The average Bonchev–Trinajstić information content (AvgIpc) is 3.27. The van der Waals surface area contributed by atoms with Gasteiger partial charge < -0.3 is 42.6 Å². The van der Waals surface area contributed by atoms with Gasteiger partial charge in [-0.25, -0.2) is 4.79 Å². The minimum Gasteiger partial charge on any atom is -0.497 e. The quantitative estimate of drug-likeness (QED) is 0.0333. The van der Waals surface area contributed by atoms with E-state index in [4.69, 9.17) is 42.6 Å². The first-order chi connectivity index (χ1) is 29.5. The molecule has 3 aromatic carbocycles. The Morgan fingerprint density at radius 3 is 2.02 bits per heavy atom. The summed E-state index contributed by atoms with van der Waals surface area (Å²) in [5, 5.41) is 0. The molecule has 0 amide bonds. The van der Waals surface area contributed by atoms with Crippen molar-refractivity contribution in [1.29, 1.82) is 0 Å². The third-order valence-corrected chi connectivity index (χ3v) is 11.1. The second kappa shape index (κ2) is 25.4. The number of carbonyl (C=O) groups excluding carboxylic acids is 2. The number of carbonyl (C=O) groups is 2. The highest BCUT2D eigenvalue weighted by molar-refractivity contribution is 5.83. The molecule has 1 fully saturated rings. The Kier molecular flexibility index (Phi) is 20.5. The molecule has 3 aromatic rings. The van der Waals surface area contributed by atoms with Crippen LogP contribution in [0, 0.1) is 5.41 Å². The monoisotopic (exact) mass is 844 g/mol. The third-order valence-electron chi connectivity index (χ3n) is 11.1. The van der Waals surface area contributed by atoms with Crippen molar-refractivity contribution in [2.45, 2.75) is 129 Å². The summed E-state index contributed by atoms with van der Waals surface area (Å²) >= 11 is 0. The van der Waals surface area contributed by atoms with Crippen LogP contribution < -0.4 is 9.47 Å². The van der Waals surface area contributed by atoms with Crippen LogP contribution >= 0.6 is 0 Å². The molecule has 0 aliphatic carbocycles. The van der Waals surface area contributed by atoms with Crippen LogP contribution in [-0.4, -0.2) is 77.2 Å². The zero-order valence-corrected chi connectivity index (χ0v) is 37.5. The fourth-order valence-corrected chi connectivity index (χ4v) is 7.48. The van der Waals surface area contributed by atoms with E-state index in [1.54, 1.807) is 21.3 Å². The topological polar surface area (TPSA) is 117 Å². The van der Waals surface area contributed by atoms with Crippen LogP contribution in [-0.2, 0) is 62.6 Å². The van der Waals surface area contributed by atoms with Gasteiger partial charge >= 0.3 is 11.9 Å². The highest BCUT2D eigenvalue weighted by atomic mass is 16.7. The van der Waals surface area contributed by atoms with Crippen molar-refractivity contribution in [3.05, 3.63) is 119 Å². The number of rotatable bonds is 26. The number of unbranched alkanes of at least 4 members (excludes halogenated alkanes) is 4. The molecule has 1 aliphatic heterocycles. The predicted molar refractivity (Wildman–Crippen MR) is 235 cm³/mol. The molecule has 1 unspecified atom stereocenters. The lowest BCUT2D eigenvalue weighted by molar-refractivity contribution is -0.339. The Morgan fingerprint density at radius 2 is 1.41 bits per heavy atom. The SMILES string of the molecule is CCCCCCCC(=O)O[C@H]1/C(=C/C(=O)OC)C[C@@H](CC(OCc2ccc(OC)cc2)[C@@H](C)OCc2ccccc2)O[C@@]1(OC)C(C)(C)/C=C/COCc1ccc(OC)cc1. The van der Waals surface area contributed by atoms with Crippen molar-refractivity contribution in [1.82, 2.24) is 0 Å². The molecule has 5 atom stereocenters. The summed E-state index contributed by atoms with van der Waals surface area (Å²) in [7, 11) is 6.14. The summed E-state index contributed by atoms with van der Waals surface area (Å²) in [6.45, 7) is 9.46. The fourth-order valence-electron chi connectivity index (χ4n) is 7.48. The van der Waals surface area contributed by atoms with Crippen LogP contribution in [0.4, 0.5) is 0 Å². The van der Waals surface area contributed by atoms with Gasteiger partial charge in [0.05, 0.1) is 66.1 Å². The van der Waals surface area contributed by atoms with Gasteiger partial charge in [-0.2, -0.15) is 0 Å². The lowest BCUT2D eigenvalue weighted by Crippen LogP contribution is -2.63. The number of hydrogen-bond acceptors (Lipinski definition) is 11. The summed E-state index contributed by atoms with van der Waals surface area (Å²) in [5.74, 6) is -1.03. The van der Waals surface area contributed by atoms with Gasteiger partial charge in [0, 0.05) is 31.4 Å². The molecule has 0 N–H and O–H groups in total. The van der Waals surface area contributed by atoms with Gasteiger partial charge in [-0.1, -0.05) is 113 Å². The van der Waals surface area contributed by atoms with Crippen LogP contribution in [0.15, 0.2) is 103 Å². The molecule has 11 nitrogen and oxygen atoms in total. The fraction of sp³-hybridized carbons (Fsp3) is 0.520. The van der Waals surface area contributed by atoms with E-state index in [9.17, 15) is 9.59 Å². The zero-order chi connectivity index (χ0) is 44.1. The second-order valence-electron chi connectivity index (χ2n) is 16.0. The van der Waals surface area contributed by atoms with E-state index in [0.29, 0.717) is 44.8 Å². The van der Waals surface area contributed by atoms with Gasteiger partial charge in [0.15, 0.2) is 6.10 Å². The second-order valence-corrected chi connectivity index (χ2v) is 16.0. The number of hydrogen-bond donors (Lipinski definition) is 0. The van der Waals surface area contributed by atoms with Crippen LogP contribution in [0.25, 0.3) is 0 Å². The third kappa shape index (κ3) is 15.1. The Balaban J connectivity index is 1.66. The van der Waals surface area contributed by atoms with Crippen molar-refractivity contribution in [2.24, 2.45) is 5.41 Å². The number of ether oxygens (including phenoxy) is 9. The molecule has 334 valence electrons. The minimum absolute atomic E-state index is 0.224. The summed E-state index contributed by atoms with van der Waals surface area (Å²) < 4.78 is 54.9. The summed E-state index contributed by atoms with van der Waals surface area (Å²) in [6.07, 6.45) is 8.48. The van der Waals surface area contributed by atoms with Crippen molar-refractivity contribution < 1.29 is 52.2 Å². The Bertz CT molecular complexity index is 1790. The van der Waals surface area contributed by atoms with Gasteiger partial charge in [0.2, 0.25) is 5.79 Å². The van der Waals surface area contributed by atoms with Crippen LogP contribution in [0.5, 0.6) is 11.5 Å². The molecule has 11 heteroatoms. The standard InChI is InChI=1S/C50H68O11/c1-9-10-11-12-16-20-46(51)60-48-41(32-47(52)55-7)31-44(61-50(48,56-8)49(3,4)29-17-30-57-34-39-21-25-42(53-5)26-22-39)33-45(37(2)58-35-38-18-14-13-15-19-38)59-36-40-23-27-43(54-6)28-24-40/h13-15,17-19,21-29,32,37,44-45,48H,9-12,16,20,30-31,33-36H2,1-8H3/b29-17+,41-32+/t37-,44+,45?,48+,50-/m1/s1. The van der Waals surface area contributed by atoms with Gasteiger partial charge in [-0.15, -0.1) is 0 Å². The van der Waals surface area contributed by atoms with E-state index in [2.05, 4.69) is 6.92 Å². The molecule has 4 rings (SSSR count). The number of methoxy groups -OCH3 is 4. The molecule has 1 heterocycles. The van der Waals surface area contributed by atoms with Crippen molar-refractivity contribution in [3.8, 4) is 11.5 Å². The molecule has 0 bridgehead atoms. The Hall–Kier alpha value is -4.52.